The van der Waals surface area contributed by atoms with Crippen LogP contribution in [0, 0.1) is 0 Å². The lowest BCUT2D eigenvalue weighted by Gasteiger charge is -2.12. The van der Waals surface area contributed by atoms with E-state index in [0.717, 1.165) is 17.2 Å². The van der Waals surface area contributed by atoms with Crippen molar-refractivity contribution in [1.82, 2.24) is 20.0 Å². The van der Waals surface area contributed by atoms with E-state index in [-0.39, 0.29) is 40.2 Å². The summed E-state index contributed by atoms with van der Waals surface area (Å²) < 4.78 is 4.00. The number of nitrogen functional groups attached to an aromatic ring is 1. The number of rotatable bonds is 5. The highest BCUT2D eigenvalue weighted by atomic mass is 32.1. The first kappa shape index (κ1) is 16.9. The number of amides is 2. The highest BCUT2D eigenvalue weighted by molar-refractivity contribution is 7.09. The van der Waals surface area contributed by atoms with Gasteiger partial charge >= 0.3 is 0 Å². The number of anilines is 1. The van der Waals surface area contributed by atoms with Crippen LogP contribution in [-0.2, 0) is 0 Å². The number of carbonyl (C=O) groups is 2. The zero-order valence-electron chi connectivity index (χ0n) is 13.2. The monoisotopic (exact) mass is 333 g/mol. The van der Waals surface area contributed by atoms with Crippen LogP contribution >= 0.6 is 11.5 Å². The Labute approximate surface area is 138 Å². The molecular weight excluding hydrogens is 314 g/mol. The standard InChI is InChI=1S/C15H19N5O2S/c1-8(2)18-14(21)12-11(16)13(23-20-12)15(22)19-9(3)10-6-4-5-7-17-10/h4-9H,16H2,1-3H3,(H,18,21)(H,19,22). The Morgan fingerprint density at radius 2 is 1.91 bits per heavy atom. The number of nitrogens with one attached hydrogen (secondary N) is 2. The molecule has 2 rings (SSSR count). The minimum atomic E-state index is -0.384. The molecule has 8 heteroatoms. The Hall–Kier alpha value is -2.48. The SMILES string of the molecule is CC(C)NC(=O)c1nsc(C(=O)NC(C)c2ccccn2)c1N. The van der Waals surface area contributed by atoms with Crippen LogP contribution in [0.3, 0.4) is 0 Å². The number of hydrogen-bond acceptors (Lipinski definition) is 6. The highest BCUT2D eigenvalue weighted by Crippen LogP contribution is 2.22. The van der Waals surface area contributed by atoms with Gasteiger partial charge in [0.1, 0.15) is 4.88 Å². The fraction of sp³-hybridized carbons (Fsp3) is 0.333. The van der Waals surface area contributed by atoms with Crippen LogP contribution in [0.25, 0.3) is 0 Å². The first-order valence-corrected chi connectivity index (χ1v) is 7.95. The summed E-state index contributed by atoms with van der Waals surface area (Å²) >= 11 is 0.909. The van der Waals surface area contributed by atoms with Crippen LogP contribution in [0.2, 0.25) is 0 Å². The normalized spacial score (nSPS) is 12.0. The number of nitrogens with zero attached hydrogens (tertiary/aromatic N) is 2. The van der Waals surface area contributed by atoms with Crippen molar-refractivity contribution in [3.8, 4) is 0 Å². The fourth-order valence-electron chi connectivity index (χ4n) is 1.92. The molecule has 4 N–H and O–H groups in total. The molecule has 122 valence electrons. The first-order chi connectivity index (χ1) is 10.9. The Bertz CT molecular complexity index is 699. The molecule has 0 aliphatic rings. The largest absolute Gasteiger partial charge is 0.395 e. The number of carbonyl (C=O) groups excluding carboxylic acids is 2. The molecule has 7 nitrogen and oxygen atoms in total. The molecular formula is C15H19N5O2S. The maximum atomic E-state index is 12.3. The van der Waals surface area contributed by atoms with Gasteiger partial charge in [0.05, 0.1) is 17.4 Å². The van der Waals surface area contributed by atoms with Crippen molar-refractivity contribution in [3.05, 3.63) is 40.7 Å². The average Bonchev–Trinajstić information content (AvgIpc) is 2.89. The number of hydrogen-bond donors (Lipinski definition) is 3. The van der Waals surface area contributed by atoms with Gasteiger partial charge in [0.25, 0.3) is 11.8 Å². The molecule has 1 atom stereocenters. The number of pyridine rings is 1. The van der Waals surface area contributed by atoms with E-state index in [2.05, 4.69) is 20.0 Å². The molecule has 0 aromatic carbocycles. The van der Waals surface area contributed by atoms with E-state index in [4.69, 9.17) is 5.73 Å². The molecule has 2 heterocycles. The average molecular weight is 333 g/mol. The quantitative estimate of drug-likeness (QED) is 0.772. The van der Waals surface area contributed by atoms with Gasteiger partial charge in [-0.1, -0.05) is 6.07 Å². The van der Waals surface area contributed by atoms with Crippen LogP contribution < -0.4 is 16.4 Å². The molecule has 0 bridgehead atoms. The summed E-state index contributed by atoms with van der Waals surface area (Å²) in [6.07, 6.45) is 1.66. The predicted molar refractivity (Wildman–Crippen MR) is 89.2 cm³/mol. The van der Waals surface area contributed by atoms with Gasteiger partial charge in [0.2, 0.25) is 0 Å². The molecule has 0 fully saturated rings. The lowest BCUT2D eigenvalue weighted by Crippen LogP contribution is -2.31. The van der Waals surface area contributed by atoms with Crippen molar-refractivity contribution >= 4 is 29.0 Å². The topological polar surface area (TPSA) is 110 Å². The molecule has 2 aromatic rings. The van der Waals surface area contributed by atoms with Crippen LogP contribution in [0.15, 0.2) is 24.4 Å². The van der Waals surface area contributed by atoms with Crippen molar-refractivity contribution in [2.45, 2.75) is 32.9 Å². The summed E-state index contributed by atoms with van der Waals surface area (Å²) in [7, 11) is 0. The third-order valence-corrected chi connectivity index (χ3v) is 3.91. The predicted octanol–water partition coefficient (Wildman–Crippen LogP) is 1.75. The van der Waals surface area contributed by atoms with Gasteiger partial charge in [0, 0.05) is 12.2 Å². The zero-order chi connectivity index (χ0) is 17.0. The number of aromatic nitrogens is 2. The Morgan fingerprint density at radius 1 is 1.17 bits per heavy atom. The van der Waals surface area contributed by atoms with Crippen LogP contribution in [0.5, 0.6) is 0 Å². The number of nitrogens with two attached hydrogens (primary N) is 1. The molecule has 2 aromatic heterocycles. The van der Waals surface area contributed by atoms with Gasteiger partial charge in [-0.05, 0) is 44.4 Å². The minimum Gasteiger partial charge on any atom is -0.395 e. The van der Waals surface area contributed by atoms with E-state index in [1.807, 2.05) is 32.9 Å². The van der Waals surface area contributed by atoms with E-state index < -0.39 is 0 Å². The molecule has 0 aliphatic carbocycles. The third kappa shape index (κ3) is 4.04. The van der Waals surface area contributed by atoms with Crippen molar-refractivity contribution in [2.75, 3.05) is 5.73 Å². The molecule has 0 aliphatic heterocycles. The van der Waals surface area contributed by atoms with Crippen LogP contribution in [0.1, 0.15) is 52.7 Å². The maximum absolute atomic E-state index is 12.3. The molecule has 0 radical (unpaired) electrons. The van der Waals surface area contributed by atoms with E-state index in [1.165, 1.54) is 0 Å². The molecule has 0 saturated heterocycles. The Morgan fingerprint density at radius 3 is 2.52 bits per heavy atom. The van der Waals surface area contributed by atoms with E-state index in [1.54, 1.807) is 12.3 Å². The first-order valence-electron chi connectivity index (χ1n) is 7.18. The summed E-state index contributed by atoms with van der Waals surface area (Å²) in [4.78, 5) is 28.7. The van der Waals surface area contributed by atoms with E-state index in [9.17, 15) is 9.59 Å². The maximum Gasteiger partial charge on any atom is 0.273 e. The van der Waals surface area contributed by atoms with Crippen molar-refractivity contribution in [3.63, 3.8) is 0 Å². The van der Waals surface area contributed by atoms with Gasteiger partial charge in [0.15, 0.2) is 5.69 Å². The lowest BCUT2D eigenvalue weighted by molar-refractivity contribution is 0.0938. The molecule has 1 unspecified atom stereocenters. The summed E-state index contributed by atoms with van der Waals surface area (Å²) in [6.45, 7) is 5.50. The van der Waals surface area contributed by atoms with E-state index in [0.29, 0.717) is 0 Å². The lowest BCUT2D eigenvalue weighted by atomic mass is 10.2. The fourth-order valence-corrected chi connectivity index (χ4v) is 2.62. The molecule has 0 spiro atoms. The van der Waals surface area contributed by atoms with Crippen LogP contribution in [-0.4, -0.2) is 27.2 Å². The zero-order valence-corrected chi connectivity index (χ0v) is 14.0. The van der Waals surface area contributed by atoms with Crippen molar-refractivity contribution in [2.24, 2.45) is 0 Å². The van der Waals surface area contributed by atoms with Crippen LogP contribution in [0.4, 0.5) is 5.69 Å². The molecule has 0 saturated carbocycles. The smallest absolute Gasteiger partial charge is 0.273 e. The highest BCUT2D eigenvalue weighted by Gasteiger charge is 2.23. The Balaban J connectivity index is 2.11. The van der Waals surface area contributed by atoms with Gasteiger partial charge in [-0.3, -0.25) is 14.6 Å². The Kier molecular flexibility index (Phi) is 5.28. The summed E-state index contributed by atoms with van der Waals surface area (Å²) in [5, 5.41) is 5.51. The second-order valence-corrected chi connectivity index (χ2v) is 6.13. The molecule has 2 amide bonds. The second kappa shape index (κ2) is 7.19. The van der Waals surface area contributed by atoms with Gasteiger partial charge < -0.3 is 16.4 Å². The van der Waals surface area contributed by atoms with Crippen molar-refractivity contribution in [1.29, 1.82) is 0 Å². The van der Waals surface area contributed by atoms with Gasteiger partial charge in [-0.2, -0.15) is 4.37 Å². The van der Waals surface area contributed by atoms with Gasteiger partial charge in [-0.25, -0.2) is 0 Å². The van der Waals surface area contributed by atoms with Gasteiger partial charge in [-0.15, -0.1) is 0 Å². The second-order valence-electron chi connectivity index (χ2n) is 5.35. The summed E-state index contributed by atoms with van der Waals surface area (Å²) in [5.41, 5.74) is 6.82. The van der Waals surface area contributed by atoms with Crippen molar-refractivity contribution < 1.29 is 9.59 Å². The molecule has 23 heavy (non-hydrogen) atoms. The minimum absolute atomic E-state index is 0.0370. The van der Waals surface area contributed by atoms with E-state index >= 15 is 0 Å². The summed E-state index contributed by atoms with van der Waals surface area (Å²) in [6, 6.07) is 5.16. The third-order valence-electron chi connectivity index (χ3n) is 3.05. The summed E-state index contributed by atoms with van der Waals surface area (Å²) in [5.74, 6) is -0.757.